The van der Waals surface area contributed by atoms with E-state index < -0.39 is 12.4 Å². The fourth-order valence-corrected chi connectivity index (χ4v) is 2.44. The number of halogens is 4. The Kier molecular flexibility index (Phi) is 6.03. The Morgan fingerprint density at radius 1 is 1.42 bits per heavy atom. The number of rotatable bonds is 4. The van der Waals surface area contributed by atoms with Crippen molar-refractivity contribution in [1.29, 1.82) is 0 Å². The van der Waals surface area contributed by atoms with E-state index >= 15 is 0 Å². The number of nitrogens with zero attached hydrogens (tertiary/aromatic N) is 3. The van der Waals surface area contributed by atoms with Gasteiger partial charge in [-0.15, -0.1) is 12.4 Å². The number of hydrogen-bond acceptors (Lipinski definition) is 6. The van der Waals surface area contributed by atoms with E-state index in [4.69, 9.17) is 4.52 Å². The lowest BCUT2D eigenvalue weighted by Gasteiger charge is -2.30. The van der Waals surface area contributed by atoms with Crippen LogP contribution in [0.5, 0.6) is 5.75 Å². The lowest BCUT2D eigenvalue weighted by molar-refractivity contribution is -0.0496. The number of nitrogens with one attached hydrogen (secondary N) is 1. The third-order valence-corrected chi connectivity index (χ3v) is 3.64. The molecule has 3 rings (SSSR count). The van der Waals surface area contributed by atoms with Crippen molar-refractivity contribution in [3.63, 3.8) is 0 Å². The van der Waals surface area contributed by atoms with Crippen LogP contribution in [0.4, 0.5) is 13.2 Å². The van der Waals surface area contributed by atoms with E-state index in [9.17, 15) is 13.2 Å². The Labute approximate surface area is 142 Å². The summed E-state index contributed by atoms with van der Waals surface area (Å²) in [5, 5.41) is 7.13. The van der Waals surface area contributed by atoms with Gasteiger partial charge in [-0.1, -0.05) is 5.16 Å². The highest BCUT2D eigenvalue weighted by molar-refractivity contribution is 5.85. The van der Waals surface area contributed by atoms with Crippen LogP contribution in [0.25, 0.3) is 11.5 Å². The maximum absolute atomic E-state index is 13.3. The monoisotopic (exact) mass is 364 g/mol. The van der Waals surface area contributed by atoms with Crippen molar-refractivity contribution >= 4 is 12.4 Å². The number of piperazine rings is 1. The summed E-state index contributed by atoms with van der Waals surface area (Å²) in [4.78, 5) is 6.31. The second kappa shape index (κ2) is 7.82. The summed E-state index contributed by atoms with van der Waals surface area (Å²) in [6.45, 7) is -0.738. The molecule has 0 aliphatic carbocycles. The summed E-state index contributed by atoms with van der Waals surface area (Å²) in [6.07, 6.45) is 0. The number of hydrogen-bond donors (Lipinski definition) is 1. The average Bonchev–Trinajstić information content (AvgIpc) is 2.96. The molecule has 0 radical (unpaired) electrons. The average molecular weight is 365 g/mol. The lowest BCUT2D eigenvalue weighted by atomic mass is 10.2. The molecule has 2 heterocycles. The highest BCUT2D eigenvalue weighted by atomic mass is 35.5. The Bertz CT molecular complexity index is 686. The van der Waals surface area contributed by atoms with Gasteiger partial charge >= 0.3 is 6.61 Å². The van der Waals surface area contributed by atoms with Crippen LogP contribution in [0.3, 0.4) is 0 Å². The quantitative estimate of drug-likeness (QED) is 0.899. The molecule has 1 saturated heterocycles. The molecule has 6 nitrogen and oxygen atoms in total. The van der Waals surface area contributed by atoms with E-state index in [0.717, 1.165) is 25.2 Å². The minimum absolute atomic E-state index is 0. The van der Waals surface area contributed by atoms with Crippen LogP contribution in [0, 0.1) is 5.82 Å². The molecule has 10 heteroatoms. The maximum Gasteiger partial charge on any atom is 0.387 e. The first-order valence-corrected chi connectivity index (χ1v) is 7.04. The molecule has 1 aliphatic heterocycles. The van der Waals surface area contributed by atoms with E-state index in [1.165, 1.54) is 6.07 Å². The van der Waals surface area contributed by atoms with Gasteiger partial charge in [-0.25, -0.2) is 4.39 Å². The molecule has 24 heavy (non-hydrogen) atoms. The maximum atomic E-state index is 13.3. The number of alkyl halides is 2. The van der Waals surface area contributed by atoms with Crippen LogP contribution in [0.1, 0.15) is 11.9 Å². The minimum atomic E-state index is -3.08. The van der Waals surface area contributed by atoms with E-state index in [1.54, 1.807) is 0 Å². The Balaban J connectivity index is 0.00000208. The number of aromatic nitrogens is 2. The summed E-state index contributed by atoms with van der Waals surface area (Å²) in [5.41, 5.74) is 0.122. The van der Waals surface area contributed by atoms with Crippen LogP contribution < -0.4 is 10.1 Å². The second-order valence-electron chi connectivity index (χ2n) is 5.18. The summed E-state index contributed by atoms with van der Waals surface area (Å²) >= 11 is 0. The third kappa shape index (κ3) is 3.97. The standard InChI is InChI=1S/C14H15F3N4O2.ClH/c1-21-5-4-18-7-10(21)12-19-13(23-20-12)9-3-2-8(15)6-11(9)22-14(16)17;/h2-3,6,10,14,18H,4-5,7H2,1H3;1H. The molecule has 132 valence electrons. The first-order valence-electron chi connectivity index (χ1n) is 7.04. The van der Waals surface area contributed by atoms with Gasteiger partial charge in [-0.05, 0) is 19.2 Å². The molecule has 2 aromatic rings. The zero-order valence-electron chi connectivity index (χ0n) is 12.7. The predicted octanol–water partition coefficient (Wildman–Crippen LogP) is 2.48. The Morgan fingerprint density at radius 3 is 2.92 bits per heavy atom. The SMILES string of the molecule is CN1CCNCC1c1noc(-c2ccc(F)cc2OC(F)F)n1.Cl. The largest absolute Gasteiger partial charge is 0.434 e. The lowest BCUT2D eigenvalue weighted by Crippen LogP contribution is -2.44. The van der Waals surface area contributed by atoms with Crippen LogP contribution in [-0.4, -0.2) is 48.3 Å². The van der Waals surface area contributed by atoms with Crippen LogP contribution in [-0.2, 0) is 0 Å². The molecule has 0 amide bonds. The van der Waals surface area contributed by atoms with Gasteiger partial charge in [0.2, 0.25) is 0 Å². The van der Waals surface area contributed by atoms with Crippen LogP contribution in [0.15, 0.2) is 22.7 Å². The Morgan fingerprint density at radius 2 is 2.21 bits per heavy atom. The molecule has 1 fully saturated rings. The van der Waals surface area contributed by atoms with Crippen molar-refractivity contribution in [2.75, 3.05) is 26.7 Å². The van der Waals surface area contributed by atoms with Gasteiger partial charge in [0.15, 0.2) is 5.82 Å². The molecular formula is C14H16ClF3N4O2. The molecule has 1 N–H and O–H groups in total. The van der Waals surface area contributed by atoms with Gasteiger partial charge in [-0.3, -0.25) is 4.90 Å². The fourth-order valence-electron chi connectivity index (χ4n) is 2.44. The van der Waals surface area contributed by atoms with E-state index in [0.29, 0.717) is 12.4 Å². The van der Waals surface area contributed by atoms with Crippen molar-refractivity contribution in [3.8, 4) is 17.2 Å². The number of ether oxygens (including phenoxy) is 1. The van der Waals surface area contributed by atoms with E-state index in [1.807, 2.05) is 7.05 Å². The predicted molar refractivity (Wildman–Crippen MR) is 81.8 cm³/mol. The normalized spacial score (nSPS) is 18.5. The molecular weight excluding hydrogens is 349 g/mol. The molecule has 0 saturated carbocycles. The number of likely N-dealkylation sites (N-methyl/N-ethyl adjacent to an activating group) is 1. The molecule has 1 unspecified atom stereocenters. The fraction of sp³-hybridized carbons (Fsp3) is 0.429. The number of benzene rings is 1. The first kappa shape index (κ1) is 18.5. The summed E-state index contributed by atoms with van der Waals surface area (Å²) < 4.78 is 47.7. The van der Waals surface area contributed by atoms with Crippen molar-refractivity contribution in [2.45, 2.75) is 12.7 Å². The molecule has 1 atom stereocenters. The molecule has 0 bridgehead atoms. The van der Waals surface area contributed by atoms with Crippen LogP contribution in [0.2, 0.25) is 0 Å². The Hall–Kier alpha value is -1.84. The minimum Gasteiger partial charge on any atom is -0.434 e. The summed E-state index contributed by atoms with van der Waals surface area (Å²) in [6, 6.07) is 3.17. The van der Waals surface area contributed by atoms with Gasteiger partial charge in [0, 0.05) is 25.7 Å². The van der Waals surface area contributed by atoms with Gasteiger partial charge in [0.25, 0.3) is 5.89 Å². The second-order valence-corrected chi connectivity index (χ2v) is 5.18. The van der Waals surface area contributed by atoms with Gasteiger partial charge in [0.1, 0.15) is 11.6 Å². The summed E-state index contributed by atoms with van der Waals surface area (Å²) in [7, 11) is 1.94. The van der Waals surface area contributed by atoms with Crippen LogP contribution >= 0.6 is 12.4 Å². The smallest absolute Gasteiger partial charge is 0.387 e. The van der Waals surface area contributed by atoms with Gasteiger partial charge in [0.05, 0.1) is 11.6 Å². The van der Waals surface area contributed by atoms with E-state index in [2.05, 4.69) is 25.1 Å². The zero-order chi connectivity index (χ0) is 16.4. The highest BCUT2D eigenvalue weighted by Crippen LogP contribution is 2.32. The molecule has 1 aromatic heterocycles. The molecule has 1 aromatic carbocycles. The van der Waals surface area contributed by atoms with Crippen molar-refractivity contribution in [3.05, 3.63) is 29.8 Å². The van der Waals surface area contributed by atoms with E-state index in [-0.39, 0.29) is 35.7 Å². The third-order valence-electron chi connectivity index (χ3n) is 3.64. The molecule has 1 aliphatic rings. The topological polar surface area (TPSA) is 63.4 Å². The van der Waals surface area contributed by atoms with Crippen molar-refractivity contribution in [1.82, 2.24) is 20.4 Å². The first-order chi connectivity index (χ1) is 11.0. The highest BCUT2D eigenvalue weighted by Gasteiger charge is 2.26. The van der Waals surface area contributed by atoms with Gasteiger partial charge < -0.3 is 14.6 Å². The molecule has 0 spiro atoms. The zero-order valence-corrected chi connectivity index (χ0v) is 13.5. The van der Waals surface area contributed by atoms with Gasteiger partial charge in [-0.2, -0.15) is 13.8 Å². The van der Waals surface area contributed by atoms with Crippen molar-refractivity contribution in [2.24, 2.45) is 0 Å². The summed E-state index contributed by atoms with van der Waals surface area (Å²) in [5.74, 6) is -0.595. The van der Waals surface area contributed by atoms with Crippen molar-refractivity contribution < 1.29 is 22.4 Å².